The molecule has 0 heterocycles. The minimum absolute atomic E-state index is 0.0831. The van der Waals surface area contributed by atoms with Crippen molar-refractivity contribution in [3.63, 3.8) is 0 Å². The van der Waals surface area contributed by atoms with E-state index in [1.54, 1.807) is 4.90 Å². The maximum absolute atomic E-state index is 13.9. The number of amides is 2. The van der Waals surface area contributed by atoms with E-state index in [1.807, 2.05) is 85.8 Å². The number of aryl methyl sites for hydroxylation is 1. The molecular weight excluding hydrogens is 468 g/mol. The fourth-order valence-corrected chi connectivity index (χ4v) is 5.20. The van der Waals surface area contributed by atoms with Crippen molar-refractivity contribution in [2.24, 2.45) is 0 Å². The van der Waals surface area contributed by atoms with Gasteiger partial charge >= 0.3 is 0 Å². The molecule has 1 fully saturated rings. The summed E-state index contributed by atoms with van der Waals surface area (Å²) in [6.45, 7) is 2.30. The Morgan fingerprint density at radius 2 is 1.61 bits per heavy atom. The predicted molar refractivity (Wildman–Crippen MR) is 146 cm³/mol. The van der Waals surface area contributed by atoms with Crippen LogP contribution in [0.25, 0.3) is 0 Å². The molecule has 1 aliphatic carbocycles. The minimum Gasteiger partial charge on any atom is -0.352 e. The fourth-order valence-electron chi connectivity index (χ4n) is 5.01. The zero-order chi connectivity index (χ0) is 25.3. The molecule has 0 radical (unpaired) electrons. The van der Waals surface area contributed by atoms with Crippen LogP contribution >= 0.6 is 11.6 Å². The second-order valence-corrected chi connectivity index (χ2v) is 10.2. The van der Waals surface area contributed by atoms with E-state index in [9.17, 15) is 9.59 Å². The highest BCUT2D eigenvalue weighted by atomic mass is 35.5. The number of nitrogens with zero attached hydrogens (tertiary/aromatic N) is 1. The highest BCUT2D eigenvalue weighted by Gasteiger charge is 2.32. The van der Waals surface area contributed by atoms with Gasteiger partial charge in [-0.3, -0.25) is 9.59 Å². The van der Waals surface area contributed by atoms with Gasteiger partial charge < -0.3 is 10.2 Å². The number of carbonyl (C=O) groups excluding carboxylic acids is 2. The van der Waals surface area contributed by atoms with Crippen molar-refractivity contribution in [3.8, 4) is 0 Å². The Morgan fingerprint density at radius 1 is 0.917 bits per heavy atom. The van der Waals surface area contributed by atoms with Crippen LogP contribution in [0.15, 0.2) is 78.9 Å². The predicted octanol–water partition coefficient (Wildman–Crippen LogP) is 6.28. The summed E-state index contributed by atoms with van der Waals surface area (Å²) in [7, 11) is 0. The van der Waals surface area contributed by atoms with Crippen molar-refractivity contribution < 1.29 is 9.59 Å². The van der Waals surface area contributed by atoms with Crippen LogP contribution in [0.2, 0.25) is 5.02 Å². The van der Waals surface area contributed by atoms with Crippen molar-refractivity contribution in [3.05, 3.63) is 106 Å². The van der Waals surface area contributed by atoms with Crippen LogP contribution in [0, 0.1) is 6.92 Å². The van der Waals surface area contributed by atoms with Gasteiger partial charge in [0.25, 0.3) is 0 Å². The van der Waals surface area contributed by atoms with Gasteiger partial charge in [-0.2, -0.15) is 0 Å². The monoisotopic (exact) mass is 502 g/mol. The van der Waals surface area contributed by atoms with E-state index in [1.165, 1.54) is 6.42 Å². The Labute approximate surface area is 219 Å². The second kappa shape index (κ2) is 12.7. The lowest BCUT2D eigenvalue weighted by Gasteiger charge is -2.34. The number of rotatable bonds is 9. The fraction of sp³-hybridized carbons (Fsp3) is 0.355. The summed E-state index contributed by atoms with van der Waals surface area (Å²) in [5.41, 5.74) is 3.90. The number of hydrogen-bond acceptors (Lipinski definition) is 2. The van der Waals surface area contributed by atoms with E-state index in [4.69, 9.17) is 11.6 Å². The third kappa shape index (κ3) is 7.20. The van der Waals surface area contributed by atoms with Gasteiger partial charge in [-0.25, -0.2) is 0 Å². The van der Waals surface area contributed by atoms with Crippen molar-refractivity contribution in [1.29, 1.82) is 0 Å². The van der Waals surface area contributed by atoms with Crippen LogP contribution in [0.1, 0.15) is 54.4 Å². The number of hydrogen-bond donors (Lipinski definition) is 1. The van der Waals surface area contributed by atoms with Crippen LogP contribution in [-0.2, 0) is 29.0 Å². The summed E-state index contributed by atoms with van der Waals surface area (Å²) in [6.07, 6.45) is 6.13. The van der Waals surface area contributed by atoms with Crippen molar-refractivity contribution in [1.82, 2.24) is 10.2 Å². The summed E-state index contributed by atoms with van der Waals surface area (Å²) < 4.78 is 0. The molecule has 2 amide bonds. The second-order valence-electron chi connectivity index (χ2n) is 9.83. The molecular formula is C31H35ClN2O2. The Morgan fingerprint density at radius 3 is 2.33 bits per heavy atom. The molecule has 3 aromatic carbocycles. The summed E-state index contributed by atoms with van der Waals surface area (Å²) in [4.78, 5) is 29.4. The Bertz CT molecular complexity index is 1160. The first-order chi connectivity index (χ1) is 17.5. The standard InChI is InChI=1S/C31H35ClN2O2/c1-23-11-10-14-25(19-23)21-30(35)34(22-26-15-8-9-18-28(26)32)29(20-24-12-4-2-5-13-24)31(36)33-27-16-6-3-7-17-27/h2,4-5,8-15,18-19,27,29H,3,6-7,16-17,20-22H2,1H3,(H,33,36)/t29-/m1/s1. The van der Waals surface area contributed by atoms with Crippen LogP contribution < -0.4 is 5.32 Å². The smallest absolute Gasteiger partial charge is 0.243 e. The number of nitrogens with one attached hydrogen (secondary N) is 1. The van der Waals surface area contributed by atoms with Gasteiger partial charge in [-0.15, -0.1) is 0 Å². The molecule has 1 N–H and O–H groups in total. The van der Waals surface area contributed by atoms with Gasteiger partial charge in [0.15, 0.2) is 0 Å². The zero-order valence-corrected chi connectivity index (χ0v) is 21.7. The molecule has 0 aliphatic heterocycles. The van der Waals surface area contributed by atoms with Crippen molar-refractivity contribution in [2.75, 3.05) is 0 Å². The van der Waals surface area contributed by atoms with E-state index in [2.05, 4.69) is 5.32 Å². The van der Waals surface area contributed by atoms with Crippen molar-refractivity contribution in [2.45, 2.75) is 70.5 Å². The zero-order valence-electron chi connectivity index (χ0n) is 21.0. The molecule has 0 unspecified atom stereocenters. The van der Waals surface area contributed by atoms with E-state index in [0.717, 1.165) is 47.9 Å². The number of carbonyl (C=O) groups is 2. The molecule has 4 nitrogen and oxygen atoms in total. The average Bonchev–Trinajstić information content (AvgIpc) is 2.88. The number of halogens is 1. The first kappa shape index (κ1) is 26.0. The Balaban J connectivity index is 1.66. The Hall–Kier alpha value is -3.11. The van der Waals surface area contributed by atoms with Gasteiger partial charge in [0.2, 0.25) is 11.8 Å². The van der Waals surface area contributed by atoms with Gasteiger partial charge in [0.05, 0.1) is 6.42 Å². The summed E-state index contributed by atoms with van der Waals surface area (Å²) in [5, 5.41) is 3.88. The molecule has 0 aromatic heterocycles. The third-order valence-corrected chi connectivity index (χ3v) is 7.33. The molecule has 0 spiro atoms. The molecule has 1 atom stereocenters. The minimum atomic E-state index is -0.636. The maximum atomic E-state index is 13.9. The topological polar surface area (TPSA) is 49.4 Å². The van der Waals surface area contributed by atoms with Gasteiger partial charge in [0.1, 0.15) is 6.04 Å². The molecule has 0 bridgehead atoms. The average molecular weight is 503 g/mol. The summed E-state index contributed by atoms with van der Waals surface area (Å²) in [5.74, 6) is -0.171. The molecule has 4 rings (SSSR count). The van der Waals surface area contributed by atoms with Gasteiger partial charge in [-0.05, 0) is 42.5 Å². The molecule has 3 aromatic rings. The van der Waals surface area contributed by atoms with E-state index in [0.29, 0.717) is 11.4 Å². The van der Waals surface area contributed by atoms with Crippen LogP contribution in [0.3, 0.4) is 0 Å². The molecule has 1 saturated carbocycles. The number of benzene rings is 3. The van der Waals surface area contributed by atoms with Gasteiger partial charge in [-0.1, -0.05) is 109 Å². The summed E-state index contributed by atoms with van der Waals surface area (Å²) >= 11 is 6.52. The molecule has 1 aliphatic rings. The molecule has 5 heteroatoms. The van der Waals surface area contributed by atoms with Gasteiger partial charge in [0, 0.05) is 24.0 Å². The highest BCUT2D eigenvalue weighted by molar-refractivity contribution is 6.31. The van der Waals surface area contributed by atoms with Crippen molar-refractivity contribution >= 4 is 23.4 Å². The quantitative estimate of drug-likeness (QED) is 0.374. The molecule has 188 valence electrons. The van der Waals surface area contributed by atoms with E-state index in [-0.39, 0.29) is 30.8 Å². The first-order valence-electron chi connectivity index (χ1n) is 12.9. The lowest BCUT2D eigenvalue weighted by atomic mass is 9.94. The lowest BCUT2D eigenvalue weighted by Crippen LogP contribution is -2.53. The molecule has 36 heavy (non-hydrogen) atoms. The van der Waals surface area contributed by atoms with E-state index >= 15 is 0 Å². The lowest BCUT2D eigenvalue weighted by molar-refractivity contribution is -0.141. The molecule has 0 saturated heterocycles. The maximum Gasteiger partial charge on any atom is 0.243 e. The normalized spacial score (nSPS) is 14.7. The van der Waals surface area contributed by atoms with E-state index < -0.39 is 6.04 Å². The summed E-state index contributed by atoms with van der Waals surface area (Å²) in [6, 6.07) is 25.0. The van der Waals surface area contributed by atoms with Crippen LogP contribution in [0.5, 0.6) is 0 Å². The van der Waals surface area contributed by atoms with Crippen LogP contribution in [-0.4, -0.2) is 28.8 Å². The SMILES string of the molecule is Cc1cccc(CC(=O)N(Cc2ccccc2Cl)[C@H](Cc2ccccc2)C(=O)NC2CCCCC2)c1. The third-order valence-electron chi connectivity index (χ3n) is 6.96. The Kier molecular flexibility index (Phi) is 9.18. The van der Waals surface area contributed by atoms with Crippen LogP contribution in [0.4, 0.5) is 0 Å². The first-order valence-corrected chi connectivity index (χ1v) is 13.3. The highest BCUT2D eigenvalue weighted by Crippen LogP contribution is 2.23. The largest absolute Gasteiger partial charge is 0.352 e.